The molecule has 1 aliphatic rings. The third kappa shape index (κ3) is 2.43. The number of aromatic nitrogens is 1. The van der Waals surface area contributed by atoms with Crippen LogP contribution < -0.4 is 5.32 Å². The Morgan fingerprint density at radius 2 is 2.56 bits per heavy atom. The van der Waals surface area contributed by atoms with Crippen molar-refractivity contribution >= 4 is 17.4 Å². The SMILES string of the molecule is N#Cc1ccnc(NCC2CCCO2)c1Cl. The molecule has 0 radical (unpaired) electrons. The molecule has 84 valence electrons. The Morgan fingerprint density at radius 1 is 1.69 bits per heavy atom. The van der Waals surface area contributed by atoms with Crippen LogP contribution in [-0.2, 0) is 4.74 Å². The summed E-state index contributed by atoms with van der Waals surface area (Å²) < 4.78 is 5.47. The summed E-state index contributed by atoms with van der Waals surface area (Å²) in [7, 11) is 0. The Kier molecular flexibility index (Phi) is 3.60. The normalized spacial score (nSPS) is 19.4. The Balaban J connectivity index is 2.01. The van der Waals surface area contributed by atoms with Crippen LogP contribution in [-0.4, -0.2) is 24.2 Å². The van der Waals surface area contributed by atoms with Gasteiger partial charge in [-0.25, -0.2) is 4.98 Å². The quantitative estimate of drug-likeness (QED) is 0.876. The lowest BCUT2D eigenvalue weighted by Gasteiger charge is -2.12. The molecule has 4 nitrogen and oxygen atoms in total. The van der Waals surface area contributed by atoms with Crippen LogP contribution in [0.2, 0.25) is 5.02 Å². The molecule has 1 unspecified atom stereocenters. The highest BCUT2D eigenvalue weighted by Crippen LogP contribution is 2.23. The Labute approximate surface area is 99.2 Å². The molecule has 1 aliphatic heterocycles. The van der Waals surface area contributed by atoms with Crippen LogP contribution in [0.1, 0.15) is 18.4 Å². The van der Waals surface area contributed by atoms with E-state index in [2.05, 4.69) is 10.3 Å². The lowest BCUT2D eigenvalue weighted by molar-refractivity contribution is 0.120. The molecule has 0 saturated carbocycles. The number of nitrogens with zero attached hydrogens (tertiary/aromatic N) is 2. The van der Waals surface area contributed by atoms with Gasteiger partial charge in [-0.1, -0.05) is 11.6 Å². The van der Waals surface area contributed by atoms with Crippen LogP contribution in [0, 0.1) is 11.3 Å². The van der Waals surface area contributed by atoms with Gasteiger partial charge in [0.05, 0.1) is 11.7 Å². The van der Waals surface area contributed by atoms with Crippen molar-refractivity contribution < 1.29 is 4.74 Å². The van der Waals surface area contributed by atoms with E-state index < -0.39 is 0 Å². The molecule has 1 atom stereocenters. The lowest BCUT2D eigenvalue weighted by Crippen LogP contribution is -2.19. The molecule has 1 aromatic heterocycles. The van der Waals surface area contributed by atoms with Crippen LogP contribution in [0.25, 0.3) is 0 Å². The maximum Gasteiger partial charge on any atom is 0.146 e. The molecule has 0 aromatic carbocycles. The summed E-state index contributed by atoms with van der Waals surface area (Å²) >= 11 is 6.01. The molecule has 16 heavy (non-hydrogen) atoms. The van der Waals surface area contributed by atoms with E-state index in [1.165, 1.54) is 0 Å². The summed E-state index contributed by atoms with van der Waals surface area (Å²) in [4.78, 5) is 4.10. The summed E-state index contributed by atoms with van der Waals surface area (Å²) in [5.41, 5.74) is 0.437. The second kappa shape index (κ2) is 5.15. The van der Waals surface area contributed by atoms with Crippen LogP contribution >= 0.6 is 11.6 Å². The van der Waals surface area contributed by atoms with E-state index >= 15 is 0 Å². The Morgan fingerprint density at radius 3 is 3.25 bits per heavy atom. The van der Waals surface area contributed by atoms with Gasteiger partial charge in [-0.15, -0.1) is 0 Å². The lowest BCUT2D eigenvalue weighted by atomic mass is 10.2. The van der Waals surface area contributed by atoms with Crippen molar-refractivity contribution in [2.45, 2.75) is 18.9 Å². The molecular formula is C11H12ClN3O. The van der Waals surface area contributed by atoms with Crippen molar-refractivity contribution in [3.8, 4) is 6.07 Å². The number of halogens is 1. The number of anilines is 1. The van der Waals surface area contributed by atoms with E-state index in [9.17, 15) is 0 Å². The second-order valence-corrected chi connectivity index (χ2v) is 4.03. The maximum atomic E-state index is 8.81. The van der Waals surface area contributed by atoms with Gasteiger partial charge in [0.2, 0.25) is 0 Å². The van der Waals surface area contributed by atoms with Gasteiger partial charge in [-0.05, 0) is 18.9 Å². The van der Waals surface area contributed by atoms with Gasteiger partial charge in [0.1, 0.15) is 16.9 Å². The summed E-state index contributed by atoms with van der Waals surface area (Å²) in [5, 5.41) is 12.3. The predicted octanol–water partition coefficient (Wildman–Crippen LogP) is 2.20. The molecular weight excluding hydrogens is 226 g/mol. The van der Waals surface area contributed by atoms with Crippen LogP contribution in [0.5, 0.6) is 0 Å². The third-order valence-electron chi connectivity index (χ3n) is 2.53. The van der Waals surface area contributed by atoms with Gasteiger partial charge < -0.3 is 10.1 Å². The monoisotopic (exact) mass is 237 g/mol. The number of ether oxygens (including phenoxy) is 1. The van der Waals surface area contributed by atoms with Gasteiger partial charge in [-0.2, -0.15) is 5.26 Å². The maximum absolute atomic E-state index is 8.81. The summed E-state index contributed by atoms with van der Waals surface area (Å²) in [5.74, 6) is 0.552. The molecule has 1 fully saturated rings. The number of nitrogens with one attached hydrogen (secondary N) is 1. The number of hydrogen-bond donors (Lipinski definition) is 1. The zero-order valence-electron chi connectivity index (χ0n) is 8.74. The average Bonchev–Trinajstić information content (AvgIpc) is 2.81. The van der Waals surface area contributed by atoms with Crippen molar-refractivity contribution in [1.82, 2.24) is 4.98 Å². The van der Waals surface area contributed by atoms with E-state index in [4.69, 9.17) is 21.6 Å². The molecule has 2 rings (SSSR count). The highest BCUT2D eigenvalue weighted by molar-refractivity contribution is 6.34. The summed E-state index contributed by atoms with van der Waals surface area (Å²) in [6.45, 7) is 1.51. The molecule has 0 bridgehead atoms. The molecule has 0 amide bonds. The summed E-state index contributed by atoms with van der Waals surface area (Å²) in [6, 6.07) is 3.62. The van der Waals surface area contributed by atoms with Crippen molar-refractivity contribution in [1.29, 1.82) is 5.26 Å². The molecule has 2 heterocycles. The first-order valence-corrected chi connectivity index (χ1v) is 5.59. The zero-order valence-corrected chi connectivity index (χ0v) is 9.50. The van der Waals surface area contributed by atoms with Gasteiger partial charge in [0, 0.05) is 19.3 Å². The van der Waals surface area contributed by atoms with E-state index in [0.29, 0.717) is 22.9 Å². The fourth-order valence-electron chi connectivity index (χ4n) is 1.67. The first kappa shape index (κ1) is 11.2. The van der Waals surface area contributed by atoms with Gasteiger partial charge >= 0.3 is 0 Å². The molecule has 1 aromatic rings. The van der Waals surface area contributed by atoms with Crippen LogP contribution in [0.3, 0.4) is 0 Å². The first-order chi connectivity index (χ1) is 7.81. The molecule has 1 N–H and O–H groups in total. The molecule has 0 aliphatic carbocycles. The average molecular weight is 238 g/mol. The van der Waals surface area contributed by atoms with Crippen LogP contribution in [0.15, 0.2) is 12.3 Å². The minimum Gasteiger partial charge on any atom is -0.376 e. The number of pyridine rings is 1. The third-order valence-corrected chi connectivity index (χ3v) is 2.91. The smallest absolute Gasteiger partial charge is 0.146 e. The fourth-order valence-corrected chi connectivity index (χ4v) is 1.89. The first-order valence-electron chi connectivity index (χ1n) is 5.21. The molecule has 0 spiro atoms. The highest BCUT2D eigenvalue weighted by Gasteiger charge is 2.16. The second-order valence-electron chi connectivity index (χ2n) is 3.65. The predicted molar refractivity (Wildman–Crippen MR) is 61.4 cm³/mol. The summed E-state index contributed by atoms with van der Waals surface area (Å²) in [6.07, 6.45) is 3.96. The molecule has 5 heteroatoms. The van der Waals surface area contributed by atoms with Crippen molar-refractivity contribution in [2.75, 3.05) is 18.5 Å². The van der Waals surface area contributed by atoms with E-state index in [1.54, 1.807) is 12.3 Å². The number of nitriles is 1. The van der Waals surface area contributed by atoms with Gasteiger partial charge in [-0.3, -0.25) is 0 Å². The van der Waals surface area contributed by atoms with E-state index in [0.717, 1.165) is 19.4 Å². The highest BCUT2D eigenvalue weighted by atomic mass is 35.5. The van der Waals surface area contributed by atoms with Gasteiger partial charge in [0.25, 0.3) is 0 Å². The number of rotatable bonds is 3. The van der Waals surface area contributed by atoms with Gasteiger partial charge in [0.15, 0.2) is 0 Å². The topological polar surface area (TPSA) is 57.9 Å². The molecule has 1 saturated heterocycles. The van der Waals surface area contributed by atoms with E-state index in [-0.39, 0.29) is 6.10 Å². The van der Waals surface area contributed by atoms with Crippen LogP contribution in [0.4, 0.5) is 5.82 Å². The van der Waals surface area contributed by atoms with Crippen molar-refractivity contribution in [3.05, 3.63) is 22.8 Å². The minimum atomic E-state index is 0.226. The fraction of sp³-hybridized carbons (Fsp3) is 0.455. The Hall–Kier alpha value is -1.31. The largest absolute Gasteiger partial charge is 0.376 e. The van der Waals surface area contributed by atoms with Crippen molar-refractivity contribution in [2.24, 2.45) is 0 Å². The van der Waals surface area contributed by atoms with E-state index in [1.807, 2.05) is 6.07 Å². The minimum absolute atomic E-state index is 0.226. The van der Waals surface area contributed by atoms with Crippen molar-refractivity contribution in [3.63, 3.8) is 0 Å². The zero-order chi connectivity index (χ0) is 11.4. The standard InChI is InChI=1S/C11H12ClN3O/c12-10-8(6-13)3-4-14-11(10)15-7-9-2-1-5-16-9/h3-4,9H,1-2,5,7H2,(H,14,15). The Bertz CT molecular complexity index is 410. The number of hydrogen-bond acceptors (Lipinski definition) is 4.